The number of ether oxygens (including phenoxy) is 1. The molecule has 3 N–H and O–H groups in total. The summed E-state index contributed by atoms with van der Waals surface area (Å²) >= 11 is 0. The van der Waals surface area contributed by atoms with Crippen LogP contribution in [0.2, 0.25) is 0 Å². The first-order chi connectivity index (χ1) is 10.1. The van der Waals surface area contributed by atoms with Crippen LogP contribution in [0.5, 0.6) is 5.75 Å². The summed E-state index contributed by atoms with van der Waals surface area (Å²) in [7, 11) is 1.48. The van der Waals surface area contributed by atoms with Crippen molar-refractivity contribution in [2.75, 3.05) is 12.4 Å². The molecule has 0 aliphatic heterocycles. The molecule has 21 heavy (non-hydrogen) atoms. The zero-order valence-electron chi connectivity index (χ0n) is 11.9. The Kier molecular flexibility index (Phi) is 4.71. The summed E-state index contributed by atoms with van der Waals surface area (Å²) in [4.78, 5) is 4.13. The van der Waals surface area contributed by atoms with Gasteiger partial charge in [0.25, 0.3) is 0 Å². The van der Waals surface area contributed by atoms with Crippen LogP contribution in [0.4, 0.5) is 10.2 Å². The Morgan fingerprint density at radius 3 is 2.81 bits per heavy atom. The molecule has 2 aromatic rings. The summed E-state index contributed by atoms with van der Waals surface area (Å²) in [6.07, 6.45) is 1.70. The molecule has 1 aromatic heterocycles. The SMILES string of the molecule is COc1cccc(F)c1CNC(=N)Nc1ccc(C)cn1. The number of hydrogen-bond donors (Lipinski definition) is 3. The Morgan fingerprint density at radius 1 is 1.33 bits per heavy atom. The number of aryl methyl sites for hydroxylation is 1. The Balaban J connectivity index is 1.97. The van der Waals surface area contributed by atoms with E-state index >= 15 is 0 Å². The van der Waals surface area contributed by atoms with Crippen molar-refractivity contribution in [3.8, 4) is 5.75 Å². The van der Waals surface area contributed by atoms with Gasteiger partial charge in [-0.2, -0.15) is 0 Å². The molecule has 5 nitrogen and oxygen atoms in total. The molecule has 0 saturated heterocycles. The van der Waals surface area contributed by atoms with Gasteiger partial charge in [-0.1, -0.05) is 12.1 Å². The predicted octanol–water partition coefficient (Wildman–Crippen LogP) is 2.67. The maximum atomic E-state index is 13.7. The third-order valence-corrected chi connectivity index (χ3v) is 2.90. The minimum Gasteiger partial charge on any atom is -0.496 e. The van der Waals surface area contributed by atoms with Gasteiger partial charge in [-0.05, 0) is 30.7 Å². The lowest BCUT2D eigenvalue weighted by molar-refractivity contribution is 0.403. The fraction of sp³-hybridized carbons (Fsp3) is 0.200. The van der Waals surface area contributed by atoms with Crippen molar-refractivity contribution < 1.29 is 9.13 Å². The number of pyridine rings is 1. The number of aromatic nitrogens is 1. The number of anilines is 1. The van der Waals surface area contributed by atoms with E-state index in [2.05, 4.69) is 15.6 Å². The molecule has 0 aliphatic carbocycles. The van der Waals surface area contributed by atoms with Gasteiger partial charge in [0.2, 0.25) is 0 Å². The molecule has 0 aliphatic rings. The fourth-order valence-corrected chi connectivity index (χ4v) is 1.79. The molecular formula is C15H17FN4O. The first-order valence-electron chi connectivity index (χ1n) is 6.43. The van der Waals surface area contributed by atoms with E-state index in [1.54, 1.807) is 24.4 Å². The normalized spacial score (nSPS) is 10.0. The van der Waals surface area contributed by atoms with E-state index in [9.17, 15) is 4.39 Å². The number of nitrogens with one attached hydrogen (secondary N) is 3. The smallest absolute Gasteiger partial charge is 0.194 e. The van der Waals surface area contributed by atoms with Crippen LogP contribution < -0.4 is 15.4 Å². The number of halogens is 1. The summed E-state index contributed by atoms with van der Waals surface area (Å²) in [6, 6.07) is 8.28. The highest BCUT2D eigenvalue weighted by Crippen LogP contribution is 2.20. The molecule has 1 heterocycles. The highest BCUT2D eigenvalue weighted by atomic mass is 19.1. The highest BCUT2D eigenvalue weighted by molar-refractivity contribution is 5.90. The largest absolute Gasteiger partial charge is 0.496 e. The van der Waals surface area contributed by atoms with E-state index in [0.29, 0.717) is 17.1 Å². The van der Waals surface area contributed by atoms with Gasteiger partial charge in [0.05, 0.1) is 7.11 Å². The van der Waals surface area contributed by atoms with Crippen molar-refractivity contribution in [2.24, 2.45) is 0 Å². The molecular weight excluding hydrogens is 271 g/mol. The number of benzene rings is 1. The quantitative estimate of drug-likeness (QED) is 0.597. The molecule has 0 amide bonds. The number of nitrogens with zero attached hydrogens (tertiary/aromatic N) is 1. The Bertz CT molecular complexity index is 628. The number of rotatable bonds is 4. The summed E-state index contributed by atoms with van der Waals surface area (Å²) in [6.45, 7) is 2.08. The molecule has 0 spiro atoms. The van der Waals surface area contributed by atoms with Crippen molar-refractivity contribution in [2.45, 2.75) is 13.5 Å². The minimum absolute atomic E-state index is 0.0386. The molecule has 0 fully saturated rings. The standard InChI is InChI=1S/C15H17FN4O/c1-10-6-7-14(18-8-10)20-15(17)19-9-11-12(16)4-3-5-13(11)21-2/h3-8H,9H2,1-2H3,(H3,17,18,19,20). The number of guanidine groups is 1. The second kappa shape index (κ2) is 6.69. The molecule has 0 bridgehead atoms. The summed E-state index contributed by atoms with van der Waals surface area (Å²) in [5, 5.41) is 13.4. The summed E-state index contributed by atoms with van der Waals surface area (Å²) < 4.78 is 18.8. The van der Waals surface area contributed by atoms with Crippen molar-refractivity contribution in [3.63, 3.8) is 0 Å². The third-order valence-electron chi connectivity index (χ3n) is 2.90. The molecule has 0 unspecified atom stereocenters. The second-order valence-corrected chi connectivity index (χ2v) is 4.49. The second-order valence-electron chi connectivity index (χ2n) is 4.49. The van der Waals surface area contributed by atoms with E-state index in [-0.39, 0.29) is 18.3 Å². The molecule has 110 valence electrons. The van der Waals surface area contributed by atoms with Crippen LogP contribution in [0.15, 0.2) is 36.5 Å². The molecule has 0 atom stereocenters. The van der Waals surface area contributed by atoms with Crippen LogP contribution in [-0.2, 0) is 6.54 Å². The van der Waals surface area contributed by atoms with Crippen LogP contribution >= 0.6 is 0 Å². The van der Waals surface area contributed by atoms with Crippen molar-refractivity contribution in [3.05, 3.63) is 53.5 Å². The van der Waals surface area contributed by atoms with Gasteiger partial charge in [0.15, 0.2) is 5.96 Å². The Morgan fingerprint density at radius 2 is 2.14 bits per heavy atom. The van der Waals surface area contributed by atoms with Gasteiger partial charge in [0.1, 0.15) is 17.4 Å². The van der Waals surface area contributed by atoms with Crippen molar-refractivity contribution in [1.29, 1.82) is 5.41 Å². The van der Waals surface area contributed by atoms with Gasteiger partial charge in [-0.25, -0.2) is 9.37 Å². The van der Waals surface area contributed by atoms with Gasteiger partial charge in [-0.3, -0.25) is 5.41 Å². The fourth-order valence-electron chi connectivity index (χ4n) is 1.79. The van der Waals surface area contributed by atoms with E-state index < -0.39 is 0 Å². The molecule has 1 aromatic carbocycles. The molecule has 6 heteroatoms. The van der Waals surface area contributed by atoms with Gasteiger partial charge < -0.3 is 15.4 Å². The minimum atomic E-state index is -0.372. The first-order valence-corrected chi connectivity index (χ1v) is 6.43. The van der Waals surface area contributed by atoms with Gasteiger partial charge in [0, 0.05) is 18.3 Å². The maximum Gasteiger partial charge on any atom is 0.194 e. The lowest BCUT2D eigenvalue weighted by Crippen LogP contribution is -2.29. The molecule has 0 radical (unpaired) electrons. The molecule has 2 rings (SSSR count). The zero-order valence-corrected chi connectivity index (χ0v) is 11.9. The van der Waals surface area contributed by atoms with Gasteiger partial charge in [-0.15, -0.1) is 0 Å². The zero-order chi connectivity index (χ0) is 15.2. The van der Waals surface area contributed by atoms with Crippen molar-refractivity contribution in [1.82, 2.24) is 10.3 Å². The summed E-state index contributed by atoms with van der Waals surface area (Å²) in [5.41, 5.74) is 1.42. The highest BCUT2D eigenvalue weighted by Gasteiger charge is 2.09. The molecule has 0 saturated carbocycles. The monoisotopic (exact) mass is 288 g/mol. The maximum absolute atomic E-state index is 13.7. The predicted molar refractivity (Wildman–Crippen MR) is 80.1 cm³/mol. The van der Waals surface area contributed by atoms with Crippen LogP contribution in [0.1, 0.15) is 11.1 Å². The van der Waals surface area contributed by atoms with E-state index in [1.807, 2.05) is 13.0 Å². The first kappa shape index (κ1) is 14.8. The Labute approximate surface area is 122 Å². The topological polar surface area (TPSA) is 70.0 Å². The average Bonchev–Trinajstić information content (AvgIpc) is 2.48. The third kappa shape index (κ3) is 3.92. The average molecular weight is 288 g/mol. The van der Waals surface area contributed by atoms with Crippen LogP contribution in [-0.4, -0.2) is 18.1 Å². The van der Waals surface area contributed by atoms with E-state index in [0.717, 1.165) is 5.56 Å². The van der Waals surface area contributed by atoms with Gasteiger partial charge >= 0.3 is 0 Å². The summed E-state index contributed by atoms with van der Waals surface area (Å²) in [5.74, 6) is 0.669. The lowest BCUT2D eigenvalue weighted by Gasteiger charge is -2.13. The Hall–Kier alpha value is -2.63. The number of hydrogen-bond acceptors (Lipinski definition) is 3. The van der Waals surface area contributed by atoms with Crippen molar-refractivity contribution >= 4 is 11.8 Å². The van der Waals surface area contributed by atoms with Crippen LogP contribution in [0.3, 0.4) is 0 Å². The number of methoxy groups -OCH3 is 1. The lowest BCUT2D eigenvalue weighted by atomic mass is 10.2. The van der Waals surface area contributed by atoms with E-state index in [4.69, 9.17) is 10.1 Å². The van der Waals surface area contributed by atoms with E-state index in [1.165, 1.54) is 13.2 Å². The van der Waals surface area contributed by atoms with Crippen LogP contribution in [0.25, 0.3) is 0 Å². The van der Waals surface area contributed by atoms with Crippen LogP contribution in [0, 0.1) is 18.2 Å².